The molecule has 0 aliphatic carbocycles. The van der Waals surface area contributed by atoms with Crippen molar-refractivity contribution in [3.8, 4) is 0 Å². The van der Waals surface area contributed by atoms with Crippen LogP contribution >= 0.6 is 24.4 Å². The molecule has 0 unspecified atom stereocenters. The van der Waals surface area contributed by atoms with Gasteiger partial charge in [-0.15, -0.1) is 0 Å². The molecule has 3 N–H and O–H groups in total. The number of nitrogens with two attached hydrogens (primary N) is 1. The van der Waals surface area contributed by atoms with Gasteiger partial charge in [0.05, 0.1) is 6.61 Å². The first kappa shape index (κ1) is 21.4. The molecule has 0 aliphatic heterocycles. The Morgan fingerprint density at radius 1 is 1.25 bits per heavy atom. The molecule has 0 heterocycles. The lowest BCUT2D eigenvalue weighted by molar-refractivity contribution is -0.126. The molecule has 7 heteroatoms. The number of aliphatic hydroxyl groups is 1. The number of hydrogen-bond acceptors (Lipinski definition) is 4. The zero-order valence-corrected chi connectivity index (χ0v) is 14.6. The van der Waals surface area contributed by atoms with Crippen LogP contribution in [0.1, 0.15) is 41.0 Å². The fourth-order valence-corrected chi connectivity index (χ4v) is 1.52. The van der Waals surface area contributed by atoms with Crippen LogP contribution in [0.25, 0.3) is 0 Å². The molecular formula is C13H26N2O3S2. The van der Waals surface area contributed by atoms with E-state index in [1.54, 1.807) is 0 Å². The summed E-state index contributed by atoms with van der Waals surface area (Å²) in [5, 5.41) is 7.56. The molecule has 0 spiro atoms. The van der Waals surface area contributed by atoms with Crippen LogP contribution in [0.4, 0.5) is 0 Å². The van der Waals surface area contributed by atoms with Crippen molar-refractivity contribution in [3.05, 3.63) is 0 Å². The third kappa shape index (κ3) is 12.1. The molecule has 0 bridgehead atoms. The first-order chi connectivity index (χ1) is 9.06. The van der Waals surface area contributed by atoms with Crippen LogP contribution in [-0.4, -0.2) is 45.8 Å². The van der Waals surface area contributed by atoms with Crippen molar-refractivity contribution in [1.29, 1.82) is 0 Å². The predicted octanol–water partition coefficient (Wildman–Crippen LogP) is 2.42. The number of carbonyl (C=O) groups is 1. The third-order valence-corrected chi connectivity index (χ3v) is 2.79. The molecule has 0 atom stereocenters. The summed E-state index contributed by atoms with van der Waals surface area (Å²) in [5.41, 5.74) is 4.11. The number of ketones is 1. The van der Waals surface area contributed by atoms with Gasteiger partial charge in [0.25, 0.3) is 10.3 Å². The van der Waals surface area contributed by atoms with Crippen LogP contribution in [0, 0.1) is 5.41 Å². The Hall–Kier alpha value is -0.950. The van der Waals surface area contributed by atoms with Crippen LogP contribution < -0.4 is 5.73 Å². The molecule has 0 aromatic heterocycles. The number of hydrogen-bond donors (Lipinski definition) is 2. The highest BCUT2D eigenvalue weighted by Gasteiger charge is 2.20. The van der Waals surface area contributed by atoms with Crippen LogP contribution in [0.2, 0.25) is 0 Å². The van der Waals surface area contributed by atoms with Crippen LogP contribution in [0.5, 0.6) is 0 Å². The second-order valence-electron chi connectivity index (χ2n) is 5.05. The normalized spacial score (nSPS) is 10.1. The maximum atomic E-state index is 11.6. The summed E-state index contributed by atoms with van der Waals surface area (Å²) in [6.45, 7) is 11.9. The Balaban J connectivity index is 0. The van der Waals surface area contributed by atoms with Crippen molar-refractivity contribution < 1.29 is 14.6 Å². The van der Waals surface area contributed by atoms with Crippen molar-refractivity contribution >= 4 is 40.6 Å². The lowest BCUT2D eigenvalue weighted by Gasteiger charge is -2.22. The van der Waals surface area contributed by atoms with Crippen LogP contribution in [0.3, 0.4) is 0 Å². The minimum atomic E-state index is -0.500. The highest BCUT2D eigenvalue weighted by atomic mass is 32.1. The summed E-state index contributed by atoms with van der Waals surface area (Å²) in [4.78, 5) is 13.6. The van der Waals surface area contributed by atoms with E-state index < -0.39 is 5.17 Å². The fraction of sp³-hybridized carbons (Fsp3) is 0.769. The van der Waals surface area contributed by atoms with Crippen molar-refractivity contribution in [2.24, 2.45) is 11.1 Å². The molecular weight excluding hydrogens is 296 g/mol. The maximum Gasteiger partial charge on any atom is 0.259 e. The second-order valence-corrected chi connectivity index (χ2v) is 5.82. The van der Waals surface area contributed by atoms with Gasteiger partial charge in [0, 0.05) is 24.9 Å². The third-order valence-electron chi connectivity index (χ3n) is 2.41. The van der Waals surface area contributed by atoms with Gasteiger partial charge < -0.3 is 20.5 Å². The molecule has 0 amide bonds. The maximum absolute atomic E-state index is 11.6. The molecule has 118 valence electrons. The van der Waals surface area contributed by atoms with Gasteiger partial charge in [-0.25, -0.2) is 0 Å². The molecule has 20 heavy (non-hydrogen) atoms. The molecule has 0 saturated heterocycles. The highest BCUT2D eigenvalue weighted by Crippen LogP contribution is 2.16. The molecule has 0 aromatic rings. The van der Waals surface area contributed by atoms with Gasteiger partial charge >= 0.3 is 0 Å². The average Bonchev–Trinajstić information content (AvgIpc) is 2.28. The zero-order valence-electron chi connectivity index (χ0n) is 12.9. The summed E-state index contributed by atoms with van der Waals surface area (Å²) in [7, 11) is 0. The Morgan fingerprint density at radius 3 is 1.95 bits per heavy atom. The van der Waals surface area contributed by atoms with E-state index in [2.05, 4.69) is 18.0 Å². The van der Waals surface area contributed by atoms with Gasteiger partial charge in [0.1, 0.15) is 5.78 Å². The van der Waals surface area contributed by atoms with E-state index in [1.807, 2.05) is 39.5 Å². The molecule has 0 aromatic carbocycles. The average molecular weight is 322 g/mol. The Labute approximate surface area is 132 Å². The summed E-state index contributed by atoms with van der Waals surface area (Å²) in [6, 6.07) is 0. The van der Waals surface area contributed by atoms with E-state index in [-0.39, 0.29) is 11.2 Å². The van der Waals surface area contributed by atoms with Gasteiger partial charge in [-0.3, -0.25) is 4.79 Å². The lowest BCUT2D eigenvalue weighted by atomic mass is 9.89. The topological polar surface area (TPSA) is 75.8 Å². The van der Waals surface area contributed by atoms with Crippen molar-refractivity contribution in [2.45, 2.75) is 41.0 Å². The monoisotopic (exact) mass is 322 g/mol. The van der Waals surface area contributed by atoms with Crippen molar-refractivity contribution in [3.63, 3.8) is 0 Å². The number of aliphatic hydroxyl groups excluding tert-OH is 1. The van der Waals surface area contributed by atoms with Crippen molar-refractivity contribution in [2.75, 3.05) is 19.7 Å². The van der Waals surface area contributed by atoms with Crippen LogP contribution in [-0.2, 0) is 9.53 Å². The van der Waals surface area contributed by atoms with Gasteiger partial charge in [-0.05, 0) is 38.3 Å². The molecule has 0 saturated carbocycles. The number of nitrogens with zero attached hydrogens (tertiary/aromatic N) is 1. The standard InChI is InChI=1S/C12H23NO2S.CH3NOS/c1-6-13(7-2)11(16)15-9-8-10(14)12(3,4)5;2-1(3)4/h6-9H2,1-5H3;(H3,2,3,4). The largest absolute Gasteiger partial charge is 0.487 e. The quantitative estimate of drug-likeness (QED) is 0.753. The van der Waals surface area contributed by atoms with E-state index in [9.17, 15) is 4.79 Å². The molecule has 0 radical (unpaired) electrons. The Morgan fingerprint density at radius 2 is 1.65 bits per heavy atom. The van der Waals surface area contributed by atoms with Crippen LogP contribution in [0.15, 0.2) is 0 Å². The smallest absolute Gasteiger partial charge is 0.259 e. The summed E-state index contributed by atoms with van der Waals surface area (Å²) < 4.78 is 5.39. The summed E-state index contributed by atoms with van der Waals surface area (Å²) >= 11 is 8.98. The van der Waals surface area contributed by atoms with Gasteiger partial charge in [0.2, 0.25) is 0 Å². The van der Waals surface area contributed by atoms with E-state index in [1.165, 1.54) is 0 Å². The van der Waals surface area contributed by atoms with Gasteiger partial charge in [0.15, 0.2) is 0 Å². The number of thiocarbonyl (C=S) groups is 2. The minimum absolute atomic E-state index is 0.204. The SMILES string of the molecule is CCN(CC)C(=S)OCCC(=O)C(C)(C)C.NC(O)=S. The van der Waals surface area contributed by atoms with Crippen molar-refractivity contribution in [1.82, 2.24) is 4.90 Å². The molecule has 0 rings (SSSR count). The second kappa shape index (κ2) is 10.8. The Kier molecular flexibility index (Phi) is 11.5. The first-order valence-corrected chi connectivity index (χ1v) is 7.31. The summed E-state index contributed by atoms with van der Waals surface area (Å²) in [6.07, 6.45) is 0.422. The van der Waals surface area contributed by atoms with E-state index in [0.29, 0.717) is 18.2 Å². The number of rotatable bonds is 5. The van der Waals surface area contributed by atoms with E-state index in [0.717, 1.165) is 13.1 Å². The highest BCUT2D eigenvalue weighted by molar-refractivity contribution is 7.80. The molecule has 0 fully saturated rings. The number of Topliss-reactive ketones (excluding diaryl/α,β-unsaturated/α-hetero) is 1. The molecule has 5 nitrogen and oxygen atoms in total. The summed E-state index contributed by atoms with van der Waals surface area (Å²) in [5.74, 6) is 0.204. The van der Waals surface area contributed by atoms with Gasteiger partial charge in [-0.2, -0.15) is 0 Å². The predicted molar refractivity (Wildman–Crippen MR) is 90.0 cm³/mol. The van der Waals surface area contributed by atoms with E-state index in [4.69, 9.17) is 22.1 Å². The fourth-order valence-electron chi connectivity index (χ4n) is 1.18. The first-order valence-electron chi connectivity index (χ1n) is 6.49. The molecule has 0 aliphatic rings. The number of ether oxygens (including phenoxy) is 1. The zero-order chi connectivity index (χ0) is 16.3. The number of carbonyl (C=O) groups excluding carboxylic acids is 1. The Bertz CT molecular complexity index is 320. The lowest BCUT2D eigenvalue weighted by Crippen LogP contribution is -2.32. The van der Waals surface area contributed by atoms with Gasteiger partial charge in [-0.1, -0.05) is 20.8 Å². The van der Waals surface area contributed by atoms with E-state index >= 15 is 0 Å². The minimum Gasteiger partial charge on any atom is -0.487 e.